The standard InChI is InChI=1S/C16H20N4O/c17-16(21)14-4-1-12(2-5-14)9-18-10-13-3-6-15-19-7-8-20(15)11-13/h1-2,4-5,7-8,13,18H,3,6,9-11H2,(H2,17,21)/t13-/m0/s1. The number of hydrogen-bond acceptors (Lipinski definition) is 3. The normalized spacial score (nSPS) is 17.4. The summed E-state index contributed by atoms with van der Waals surface area (Å²) in [7, 11) is 0. The second-order valence-electron chi connectivity index (χ2n) is 5.59. The highest BCUT2D eigenvalue weighted by atomic mass is 16.1. The van der Waals surface area contributed by atoms with E-state index in [1.165, 1.54) is 17.8 Å². The second kappa shape index (κ2) is 6.10. The molecule has 1 aromatic heterocycles. The number of carbonyl (C=O) groups excluding carboxylic acids is 1. The molecule has 3 rings (SSSR count). The lowest BCUT2D eigenvalue weighted by Gasteiger charge is -2.24. The molecule has 1 aliphatic heterocycles. The Balaban J connectivity index is 1.47. The van der Waals surface area contributed by atoms with Crippen molar-refractivity contribution in [3.8, 4) is 0 Å². The highest BCUT2D eigenvalue weighted by molar-refractivity contribution is 5.92. The number of amides is 1. The summed E-state index contributed by atoms with van der Waals surface area (Å²) in [5.41, 5.74) is 6.95. The van der Waals surface area contributed by atoms with E-state index in [-0.39, 0.29) is 5.91 Å². The summed E-state index contributed by atoms with van der Waals surface area (Å²) in [6.45, 7) is 2.85. The maximum absolute atomic E-state index is 11.0. The number of imidazole rings is 1. The Kier molecular flexibility index (Phi) is 4.01. The molecule has 0 spiro atoms. The molecule has 1 amide bonds. The third-order valence-corrected chi connectivity index (χ3v) is 4.03. The molecule has 0 saturated carbocycles. The zero-order chi connectivity index (χ0) is 14.7. The molecule has 5 nitrogen and oxygen atoms in total. The SMILES string of the molecule is NC(=O)c1ccc(CNC[C@@H]2CCc3nccn3C2)cc1. The monoisotopic (exact) mass is 284 g/mol. The average Bonchev–Trinajstić information content (AvgIpc) is 2.95. The van der Waals surface area contributed by atoms with E-state index in [0.717, 1.165) is 26.1 Å². The fourth-order valence-corrected chi connectivity index (χ4v) is 2.81. The number of benzene rings is 1. The molecule has 0 saturated heterocycles. The number of fused-ring (bicyclic) bond motifs is 1. The quantitative estimate of drug-likeness (QED) is 0.870. The van der Waals surface area contributed by atoms with Crippen LogP contribution >= 0.6 is 0 Å². The Bertz CT molecular complexity index is 617. The minimum absolute atomic E-state index is 0.382. The lowest BCUT2D eigenvalue weighted by molar-refractivity contribution is 0.100. The molecule has 0 radical (unpaired) electrons. The summed E-state index contributed by atoms with van der Waals surface area (Å²) in [4.78, 5) is 15.4. The van der Waals surface area contributed by atoms with Crippen molar-refractivity contribution in [2.75, 3.05) is 6.54 Å². The van der Waals surface area contributed by atoms with E-state index in [4.69, 9.17) is 5.73 Å². The van der Waals surface area contributed by atoms with Crippen LogP contribution in [0.3, 0.4) is 0 Å². The van der Waals surface area contributed by atoms with Crippen molar-refractivity contribution in [3.05, 3.63) is 53.6 Å². The fourth-order valence-electron chi connectivity index (χ4n) is 2.81. The van der Waals surface area contributed by atoms with Crippen LogP contribution in [0.15, 0.2) is 36.7 Å². The van der Waals surface area contributed by atoms with Gasteiger partial charge in [0.1, 0.15) is 5.82 Å². The Hall–Kier alpha value is -2.14. The summed E-state index contributed by atoms with van der Waals surface area (Å²) in [6, 6.07) is 7.44. The molecule has 0 aliphatic carbocycles. The molecule has 1 aromatic carbocycles. The molecule has 0 bridgehead atoms. The van der Waals surface area contributed by atoms with Crippen LogP contribution in [-0.2, 0) is 19.5 Å². The molecule has 21 heavy (non-hydrogen) atoms. The van der Waals surface area contributed by atoms with Gasteiger partial charge in [-0.3, -0.25) is 4.79 Å². The molecule has 2 aromatic rings. The average molecular weight is 284 g/mol. The molecule has 5 heteroatoms. The topological polar surface area (TPSA) is 72.9 Å². The van der Waals surface area contributed by atoms with Gasteiger partial charge in [0.15, 0.2) is 0 Å². The summed E-state index contributed by atoms with van der Waals surface area (Å²) >= 11 is 0. The van der Waals surface area contributed by atoms with Gasteiger partial charge in [0.05, 0.1) is 0 Å². The molecular formula is C16H20N4O. The minimum Gasteiger partial charge on any atom is -0.366 e. The Morgan fingerprint density at radius 1 is 1.38 bits per heavy atom. The maximum Gasteiger partial charge on any atom is 0.248 e. The van der Waals surface area contributed by atoms with Crippen LogP contribution in [0.1, 0.15) is 28.2 Å². The molecule has 1 aliphatic rings. The second-order valence-corrected chi connectivity index (χ2v) is 5.59. The van der Waals surface area contributed by atoms with Crippen LogP contribution in [0.25, 0.3) is 0 Å². The number of nitrogens with one attached hydrogen (secondary N) is 1. The van der Waals surface area contributed by atoms with E-state index in [1.54, 1.807) is 12.1 Å². The summed E-state index contributed by atoms with van der Waals surface area (Å²) < 4.78 is 2.25. The predicted molar refractivity (Wildman–Crippen MR) is 80.7 cm³/mol. The lowest BCUT2D eigenvalue weighted by Crippen LogP contribution is -2.29. The van der Waals surface area contributed by atoms with Gasteiger partial charge in [0.25, 0.3) is 0 Å². The smallest absolute Gasteiger partial charge is 0.248 e. The summed E-state index contributed by atoms with van der Waals surface area (Å²) in [5, 5.41) is 3.49. The molecule has 0 fully saturated rings. The first-order valence-electron chi connectivity index (χ1n) is 7.32. The predicted octanol–water partition coefficient (Wildman–Crippen LogP) is 1.33. The molecule has 3 N–H and O–H groups in total. The first kappa shape index (κ1) is 13.8. The Morgan fingerprint density at radius 2 is 2.19 bits per heavy atom. The number of aryl methyl sites for hydroxylation is 1. The molecule has 1 atom stereocenters. The third kappa shape index (κ3) is 3.31. The number of rotatable bonds is 5. The zero-order valence-electron chi connectivity index (χ0n) is 12.0. The fraction of sp³-hybridized carbons (Fsp3) is 0.375. The van der Waals surface area contributed by atoms with Crippen molar-refractivity contribution in [1.29, 1.82) is 0 Å². The van der Waals surface area contributed by atoms with Gasteiger partial charge in [0.2, 0.25) is 5.91 Å². The molecule has 2 heterocycles. The van der Waals surface area contributed by atoms with Crippen molar-refractivity contribution in [3.63, 3.8) is 0 Å². The van der Waals surface area contributed by atoms with Crippen molar-refractivity contribution in [2.45, 2.75) is 25.9 Å². The minimum atomic E-state index is -0.382. The van der Waals surface area contributed by atoms with E-state index in [1.807, 2.05) is 18.3 Å². The van der Waals surface area contributed by atoms with E-state index in [9.17, 15) is 4.79 Å². The number of hydrogen-bond donors (Lipinski definition) is 2. The van der Waals surface area contributed by atoms with Crippen LogP contribution in [-0.4, -0.2) is 22.0 Å². The summed E-state index contributed by atoms with van der Waals surface area (Å²) in [6.07, 6.45) is 6.19. The van der Waals surface area contributed by atoms with Gasteiger partial charge < -0.3 is 15.6 Å². The first-order chi connectivity index (χ1) is 10.2. The first-order valence-corrected chi connectivity index (χ1v) is 7.32. The Morgan fingerprint density at radius 3 is 2.95 bits per heavy atom. The van der Waals surface area contributed by atoms with Gasteiger partial charge in [-0.25, -0.2) is 4.98 Å². The number of aromatic nitrogens is 2. The Labute approximate surface area is 124 Å². The van der Waals surface area contributed by atoms with E-state index in [2.05, 4.69) is 21.1 Å². The van der Waals surface area contributed by atoms with Gasteiger partial charge in [-0.15, -0.1) is 0 Å². The van der Waals surface area contributed by atoms with Crippen LogP contribution in [0.5, 0.6) is 0 Å². The highest BCUT2D eigenvalue weighted by Crippen LogP contribution is 2.18. The lowest BCUT2D eigenvalue weighted by atomic mass is 9.99. The van der Waals surface area contributed by atoms with E-state index in [0.29, 0.717) is 11.5 Å². The van der Waals surface area contributed by atoms with Crippen LogP contribution in [0.4, 0.5) is 0 Å². The zero-order valence-corrected chi connectivity index (χ0v) is 12.0. The molecular weight excluding hydrogens is 264 g/mol. The van der Waals surface area contributed by atoms with Crippen molar-refractivity contribution >= 4 is 5.91 Å². The number of nitrogens with zero attached hydrogens (tertiary/aromatic N) is 2. The third-order valence-electron chi connectivity index (χ3n) is 4.03. The van der Waals surface area contributed by atoms with Gasteiger partial charge >= 0.3 is 0 Å². The van der Waals surface area contributed by atoms with E-state index >= 15 is 0 Å². The molecule has 0 unspecified atom stereocenters. The van der Waals surface area contributed by atoms with Gasteiger partial charge in [-0.2, -0.15) is 0 Å². The molecule has 110 valence electrons. The maximum atomic E-state index is 11.0. The largest absolute Gasteiger partial charge is 0.366 e. The van der Waals surface area contributed by atoms with Crippen LogP contribution in [0.2, 0.25) is 0 Å². The number of nitrogens with two attached hydrogens (primary N) is 1. The summed E-state index contributed by atoms with van der Waals surface area (Å²) in [5.74, 6) is 1.47. The highest BCUT2D eigenvalue weighted by Gasteiger charge is 2.18. The van der Waals surface area contributed by atoms with Crippen molar-refractivity contribution in [1.82, 2.24) is 14.9 Å². The van der Waals surface area contributed by atoms with Crippen molar-refractivity contribution in [2.24, 2.45) is 11.7 Å². The van der Waals surface area contributed by atoms with Crippen LogP contribution in [0, 0.1) is 5.92 Å². The van der Waals surface area contributed by atoms with Crippen molar-refractivity contribution < 1.29 is 4.79 Å². The van der Waals surface area contributed by atoms with E-state index < -0.39 is 0 Å². The van der Waals surface area contributed by atoms with Gasteiger partial charge in [0, 0.05) is 37.5 Å². The number of primary amides is 1. The van der Waals surface area contributed by atoms with Crippen LogP contribution < -0.4 is 11.1 Å². The van der Waals surface area contributed by atoms with Gasteiger partial charge in [-0.1, -0.05) is 12.1 Å². The van der Waals surface area contributed by atoms with Gasteiger partial charge in [-0.05, 0) is 36.6 Å². The number of carbonyl (C=O) groups is 1.